The first kappa shape index (κ1) is 15.1. The number of nitrogens with one attached hydrogen (secondary N) is 1. The number of nitrogens with two attached hydrogens (primary N) is 1. The summed E-state index contributed by atoms with van der Waals surface area (Å²) in [5.41, 5.74) is 6.84. The normalized spacial score (nSPS) is 10.8. The van der Waals surface area contributed by atoms with Crippen molar-refractivity contribution < 1.29 is 9.90 Å². The maximum absolute atomic E-state index is 12.0. The number of rotatable bonds is 3. The molecule has 4 N–H and O–H groups in total. The van der Waals surface area contributed by atoms with Crippen molar-refractivity contribution in [1.82, 2.24) is 5.32 Å². The van der Waals surface area contributed by atoms with Gasteiger partial charge in [0.05, 0.1) is 18.7 Å². The number of benzene rings is 2. The summed E-state index contributed by atoms with van der Waals surface area (Å²) in [6, 6.07) is 13.5. The van der Waals surface area contributed by atoms with Gasteiger partial charge in [-0.2, -0.15) is 0 Å². The second-order valence-corrected chi connectivity index (χ2v) is 4.45. The third-order valence-corrected chi connectivity index (χ3v) is 2.87. The first-order chi connectivity index (χ1) is 10.6. The van der Waals surface area contributed by atoms with Crippen molar-refractivity contribution >= 4 is 17.6 Å². The number of amides is 1. The summed E-state index contributed by atoms with van der Waals surface area (Å²) in [4.78, 5) is 19.3. The van der Waals surface area contributed by atoms with Crippen LogP contribution in [-0.4, -0.2) is 17.0 Å². The number of carbonyl (C=O) groups is 1. The third-order valence-electron chi connectivity index (χ3n) is 2.87. The van der Waals surface area contributed by atoms with Crippen molar-refractivity contribution in [1.29, 1.82) is 0 Å². The maximum atomic E-state index is 12.0. The lowest BCUT2D eigenvalue weighted by Crippen LogP contribution is -2.36. The Balaban J connectivity index is 2.07. The standard InChI is InChI=1S/C16H14N4O2/c1-18-12-7-8-14(21)13(9-12)15(22)20-16(17)19-10-11-5-3-2-4-6-11/h2-9,21H,10H2,(H3,17,19,20,22). The fourth-order valence-electron chi connectivity index (χ4n) is 1.76. The lowest BCUT2D eigenvalue weighted by Gasteiger charge is -2.07. The van der Waals surface area contributed by atoms with Gasteiger partial charge in [-0.05, 0) is 17.7 Å². The van der Waals surface area contributed by atoms with E-state index in [0.717, 1.165) is 5.56 Å². The number of phenols is 1. The molecule has 0 bridgehead atoms. The molecule has 0 radical (unpaired) electrons. The molecule has 110 valence electrons. The van der Waals surface area contributed by atoms with E-state index in [1.807, 2.05) is 30.3 Å². The number of aromatic hydroxyl groups is 1. The van der Waals surface area contributed by atoms with E-state index in [0.29, 0.717) is 6.54 Å². The van der Waals surface area contributed by atoms with E-state index in [1.54, 1.807) is 0 Å². The molecule has 0 aliphatic carbocycles. The van der Waals surface area contributed by atoms with Gasteiger partial charge in [-0.25, -0.2) is 9.84 Å². The molecular formula is C16H14N4O2. The molecule has 6 nitrogen and oxygen atoms in total. The van der Waals surface area contributed by atoms with Gasteiger partial charge in [0.2, 0.25) is 0 Å². The summed E-state index contributed by atoms with van der Waals surface area (Å²) in [6.45, 7) is 7.25. The second kappa shape index (κ2) is 6.90. The number of hydrogen-bond acceptors (Lipinski definition) is 3. The second-order valence-electron chi connectivity index (χ2n) is 4.45. The van der Waals surface area contributed by atoms with Gasteiger partial charge in [-0.3, -0.25) is 10.1 Å². The molecule has 2 rings (SSSR count). The van der Waals surface area contributed by atoms with Crippen LogP contribution in [0.25, 0.3) is 4.85 Å². The van der Waals surface area contributed by atoms with Gasteiger partial charge in [0.1, 0.15) is 5.75 Å². The molecule has 0 unspecified atom stereocenters. The van der Waals surface area contributed by atoms with Crippen LogP contribution in [0, 0.1) is 6.57 Å². The minimum absolute atomic E-state index is 0.0219. The van der Waals surface area contributed by atoms with Gasteiger partial charge in [0.25, 0.3) is 5.91 Å². The van der Waals surface area contributed by atoms with Gasteiger partial charge >= 0.3 is 0 Å². The average molecular weight is 294 g/mol. The Morgan fingerprint density at radius 1 is 1.27 bits per heavy atom. The number of aliphatic imine (C=N–C) groups is 1. The summed E-state index contributed by atoms with van der Waals surface area (Å²) >= 11 is 0. The third kappa shape index (κ3) is 3.84. The Hall–Kier alpha value is -3.33. The molecule has 0 saturated carbocycles. The van der Waals surface area contributed by atoms with Gasteiger partial charge in [-0.15, -0.1) is 0 Å². The first-order valence-electron chi connectivity index (χ1n) is 6.46. The lowest BCUT2D eigenvalue weighted by atomic mass is 10.1. The molecule has 22 heavy (non-hydrogen) atoms. The van der Waals surface area contributed by atoms with Crippen LogP contribution in [-0.2, 0) is 6.54 Å². The van der Waals surface area contributed by atoms with Crippen LogP contribution >= 0.6 is 0 Å². The van der Waals surface area contributed by atoms with E-state index in [2.05, 4.69) is 15.2 Å². The molecule has 0 aliphatic heterocycles. The van der Waals surface area contributed by atoms with E-state index in [-0.39, 0.29) is 23.0 Å². The molecule has 0 fully saturated rings. The predicted molar refractivity (Wildman–Crippen MR) is 83.6 cm³/mol. The minimum Gasteiger partial charge on any atom is -0.507 e. The quantitative estimate of drug-likeness (QED) is 0.460. The van der Waals surface area contributed by atoms with E-state index < -0.39 is 5.91 Å². The highest BCUT2D eigenvalue weighted by molar-refractivity contribution is 6.07. The van der Waals surface area contributed by atoms with E-state index >= 15 is 0 Å². The van der Waals surface area contributed by atoms with Gasteiger partial charge in [-0.1, -0.05) is 36.4 Å². The molecule has 2 aromatic carbocycles. The topological polar surface area (TPSA) is 92.1 Å². The minimum atomic E-state index is -0.614. The maximum Gasteiger partial charge on any atom is 0.260 e. The smallest absolute Gasteiger partial charge is 0.260 e. The lowest BCUT2D eigenvalue weighted by molar-refractivity contribution is 0.0974. The molecule has 0 aromatic heterocycles. The zero-order valence-electron chi connectivity index (χ0n) is 11.7. The Bertz CT molecular complexity index is 748. The number of carbonyl (C=O) groups excluding carboxylic acids is 1. The summed E-state index contributed by atoms with van der Waals surface area (Å²) in [7, 11) is 0. The van der Waals surface area contributed by atoms with Crippen LogP contribution in [0.1, 0.15) is 15.9 Å². The zero-order valence-corrected chi connectivity index (χ0v) is 11.7. The summed E-state index contributed by atoms with van der Waals surface area (Å²) in [6.07, 6.45) is 0. The van der Waals surface area contributed by atoms with E-state index in [1.165, 1.54) is 18.2 Å². The van der Waals surface area contributed by atoms with Crippen LogP contribution in [0.2, 0.25) is 0 Å². The summed E-state index contributed by atoms with van der Waals surface area (Å²) in [5, 5.41) is 12.1. The Labute approximate surface area is 127 Å². The fraction of sp³-hybridized carbons (Fsp3) is 0.0625. The Morgan fingerprint density at radius 2 is 2.00 bits per heavy atom. The number of nitrogens with zero attached hydrogens (tertiary/aromatic N) is 2. The molecule has 0 atom stereocenters. The van der Waals surface area contributed by atoms with Crippen molar-refractivity contribution in [3.8, 4) is 5.75 Å². The monoisotopic (exact) mass is 294 g/mol. The highest BCUT2D eigenvalue weighted by Crippen LogP contribution is 2.23. The average Bonchev–Trinajstić information content (AvgIpc) is 2.54. The predicted octanol–water partition coefficient (Wildman–Crippen LogP) is 2.19. The van der Waals surface area contributed by atoms with Crippen molar-refractivity contribution in [3.05, 3.63) is 71.1 Å². The van der Waals surface area contributed by atoms with Crippen LogP contribution in [0.15, 0.2) is 53.5 Å². The fourth-order valence-corrected chi connectivity index (χ4v) is 1.76. The van der Waals surface area contributed by atoms with Crippen LogP contribution in [0.5, 0.6) is 5.75 Å². The molecule has 0 aliphatic rings. The van der Waals surface area contributed by atoms with Crippen LogP contribution < -0.4 is 11.1 Å². The van der Waals surface area contributed by atoms with Gasteiger partial charge < -0.3 is 10.8 Å². The Morgan fingerprint density at radius 3 is 2.68 bits per heavy atom. The van der Waals surface area contributed by atoms with Gasteiger partial charge in [0.15, 0.2) is 11.6 Å². The van der Waals surface area contributed by atoms with E-state index in [9.17, 15) is 9.90 Å². The van der Waals surface area contributed by atoms with Crippen molar-refractivity contribution in [2.24, 2.45) is 10.7 Å². The van der Waals surface area contributed by atoms with Crippen molar-refractivity contribution in [2.75, 3.05) is 0 Å². The Kier molecular flexibility index (Phi) is 4.73. The number of guanidine groups is 1. The van der Waals surface area contributed by atoms with Crippen molar-refractivity contribution in [2.45, 2.75) is 6.54 Å². The SMILES string of the molecule is [C-]#[N+]c1ccc(O)c(C(=O)NC(N)=NCc2ccccc2)c1. The molecule has 0 spiro atoms. The molecule has 0 heterocycles. The van der Waals surface area contributed by atoms with Crippen LogP contribution in [0.4, 0.5) is 5.69 Å². The molecule has 6 heteroatoms. The summed E-state index contributed by atoms with van der Waals surface area (Å²) in [5.74, 6) is -0.889. The largest absolute Gasteiger partial charge is 0.507 e. The highest BCUT2D eigenvalue weighted by atomic mass is 16.3. The van der Waals surface area contributed by atoms with Crippen LogP contribution in [0.3, 0.4) is 0 Å². The first-order valence-corrected chi connectivity index (χ1v) is 6.46. The summed E-state index contributed by atoms with van der Waals surface area (Å²) < 4.78 is 0. The molecule has 2 aromatic rings. The number of hydrogen-bond donors (Lipinski definition) is 3. The zero-order chi connectivity index (χ0) is 15.9. The molecule has 0 saturated heterocycles. The van der Waals surface area contributed by atoms with Crippen molar-refractivity contribution in [3.63, 3.8) is 0 Å². The highest BCUT2D eigenvalue weighted by Gasteiger charge is 2.12. The van der Waals surface area contributed by atoms with Gasteiger partial charge in [0, 0.05) is 0 Å². The molecule has 1 amide bonds. The number of phenolic OH excluding ortho intramolecular Hbond substituents is 1. The molecular weight excluding hydrogens is 280 g/mol. The van der Waals surface area contributed by atoms with E-state index in [4.69, 9.17) is 12.3 Å².